The maximum Gasteiger partial charge on any atom is 0.310 e. The molecule has 26 heavy (non-hydrogen) atoms. The standard InChI is InChI=1S/C22H28O4/c1-5-16-12-20(17-9-11-25-13-17)26-21(24)18(16)8-10-22(4)14(2)6-7-19(23)15(22)3/h1,6,9,11,13,15-16,18-20,23H,7-8,10,12H2,2-4H3/t15-,16+,18+,19-,20-,22-/m0/s1. The highest BCUT2D eigenvalue weighted by molar-refractivity contribution is 5.74. The van der Waals surface area contributed by atoms with E-state index in [1.807, 2.05) is 6.07 Å². The molecule has 1 fully saturated rings. The summed E-state index contributed by atoms with van der Waals surface area (Å²) in [5, 5.41) is 10.3. The van der Waals surface area contributed by atoms with Crippen LogP contribution in [0.4, 0.5) is 0 Å². The lowest BCUT2D eigenvalue weighted by Gasteiger charge is -2.44. The van der Waals surface area contributed by atoms with Gasteiger partial charge in [0.2, 0.25) is 0 Å². The molecule has 1 aromatic rings. The van der Waals surface area contributed by atoms with Crippen molar-refractivity contribution in [3.8, 4) is 12.3 Å². The zero-order valence-corrected chi connectivity index (χ0v) is 15.8. The Balaban J connectivity index is 1.71. The summed E-state index contributed by atoms with van der Waals surface area (Å²) in [5.41, 5.74) is 2.01. The summed E-state index contributed by atoms with van der Waals surface area (Å²) in [7, 11) is 0. The molecule has 2 heterocycles. The first-order valence-electron chi connectivity index (χ1n) is 9.41. The van der Waals surface area contributed by atoms with Crippen LogP contribution in [0.1, 0.15) is 58.1 Å². The van der Waals surface area contributed by atoms with Gasteiger partial charge in [-0.15, -0.1) is 12.3 Å². The van der Waals surface area contributed by atoms with Gasteiger partial charge in [0.25, 0.3) is 0 Å². The minimum atomic E-state index is -0.337. The lowest BCUT2D eigenvalue weighted by atomic mass is 9.63. The number of hydrogen-bond donors (Lipinski definition) is 1. The van der Waals surface area contributed by atoms with Gasteiger partial charge in [-0.3, -0.25) is 4.79 Å². The highest BCUT2D eigenvalue weighted by Gasteiger charge is 2.43. The number of esters is 1. The number of ether oxygens (including phenoxy) is 1. The average molecular weight is 356 g/mol. The molecule has 1 aliphatic heterocycles. The van der Waals surface area contributed by atoms with Crippen LogP contribution in [0.5, 0.6) is 0 Å². The smallest absolute Gasteiger partial charge is 0.310 e. The zero-order valence-electron chi connectivity index (χ0n) is 15.8. The molecule has 3 rings (SSSR count). The molecule has 1 N–H and O–H groups in total. The largest absolute Gasteiger partial charge is 0.472 e. The van der Waals surface area contributed by atoms with Crippen LogP contribution < -0.4 is 0 Å². The molecular formula is C22H28O4. The molecule has 140 valence electrons. The number of allylic oxidation sites excluding steroid dienone is 1. The minimum Gasteiger partial charge on any atom is -0.472 e. The van der Waals surface area contributed by atoms with Crippen molar-refractivity contribution in [2.24, 2.45) is 23.2 Å². The van der Waals surface area contributed by atoms with Gasteiger partial charge in [0.15, 0.2) is 0 Å². The fourth-order valence-electron chi connectivity index (χ4n) is 4.40. The van der Waals surface area contributed by atoms with Gasteiger partial charge in [0, 0.05) is 17.9 Å². The third-order valence-electron chi connectivity index (χ3n) is 6.77. The number of aliphatic hydroxyl groups is 1. The number of carbonyl (C=O) groups is 1. The maximum atomic E-state index is 12.7. The van der Waals surface area contributed by atoms with Crippen molar-refractivity contribution < 1.29 is 19.1 Å². The first kappa shape index (κ1) is 18.8. The molecule has 1 saturated heterocycles. The SMILES string of the molecule is C#C[C@@H]1C[C@@H](c2ccoc2)OC(=O)[C@@H]1CC[C@@]1(C)C(C)=CC[C@H](O)[C@@H]1C. The molecule has 0 amide bonds. The quantitative estimate of drug-likeness (QED) is 0.497. The highest BCUT2D eigenvalue weighted by atomic mass is 16.5. The van der Waals surface area contributed by atoms with E-state index in [1.165, 1.54) is 5.57 Å². The first-order valence-corrected chi connectivity index (χ1v) is 9.41. The molecule has 0 radical (unpaired) electrons. The highest BCUT2D eigenvalue weighted by Crippen LogP contribution is 2.47. The summed E-state index contributed by atoms with van der Waals surface area (Å²) in [6.07, 6.45) is 13.2. The molecule has 1 aliphatic carbocycles. The predicted octanol–water partition coefficient (Wildman–Crippen LogP) is 4.27. The third kappa shape index (κ3) is 3.33. The van der Waals surface area contributed by atoms with Gasteiger partial charge in [0.1, 0.15) is 6.10 Å². The van der Waals surface area contributed by atoms with E-state index < -0.39 is 0 Å². The minimum absolute atomic E-state index is 0.126. The van der Waals surface area contributed by atoms with Gasteiger partial charge in [0.05, 0.1) is 24.5 Å². The topological polar surface area (TPSA) is 59.7 Å². The van der Waals surface area contributed by atoms with Crippen molar-refractivity contribution in [1.82, 2.24) is 0 Å². The van der Waals surface area contributed by atoms with Gasteiger partial charge in [-0.05, 0) is 43.6 Å². The van der Waals surface area contributed by atoms with E-state index >= 15 is 0 Å². The van der Waals surface area contributed by atoms with Crippen LogP contribution >= 0.6 is 0 Å². The van der Waals surface area contributed by atoms with E-state index in [2.05, 4.69) is 32.8 Å². The van der Waals surface area contributed by atoms with Gasteiger partial charge in [-0.1, -0.05) is 25.5 Å². The number of cyclic esters (lactones) is 1. The van der Waals surface area contributed by atoms with E-state index in [0.717, 1.165) is 12.0 Å². The van der Waals surface area contributed by atoms with Crippen LogP contribution in [0.2, 0.25) is 0 Å². The maximum absolute atomic E-state index is 12.7. The van der Waals surface area contributed by atoms with E-state index in [9.17, 15) is 9.90 Å². The predicted molar refractivity (Wildman–Crippen MR) is 98.9 cm³/mol. The summed E-state index contributed by atoms with van der Waals surface area (Å²) >= 11 is 0. The summed E-state index contributed by atoms with van der Waals surface area (Å²) in [5.74, 6) is 2.30. The van der Waals surface area contributed by atoms with E-state index in [0.29, 0.717) is 19.3 Å². The number of hydrogen-bond acceptors (Lipinski definition) is 4. The second-order valence-corrected chi connectivity index (χ2v) is 8.03. The summed E-state index contributed by atoms with van der Waals surface area (Å²) in [6, 6.07) is 1.81. The molecule has 4 nitrogen and oxygen atoms in total. The van der Waals surface area contributed by atoms with E-state index in [-0.39, 0.29) is 41.3 Å². The fourth-order valence-corrected chi connectivity index (χ4v) is 4.40. The van der Waals surface area contributed by atoms with Crippen molar-refractivity contribution in [2.75, 3.05) is 0 Å². The number of furan rings is 1. The number of terminal acetylenes is 1. The van der Waals surface area contributed by atoms with Crippen LogP contribution in [0.15, 0.2) is 34.7 Å². The second-order valence-electron chi connectivity index (χ2n) is 8.03. The monoisotopic (exact) mass is 356 g/mol. The third-order valence-corrected chi connectivity index (χ3v) is 6.77. The molecule has 0 aromatic carbocycles. The lowest BCUT2D eigenvalue weighted by molar-refractivity contribution is -0.164. The molecule has 0 unspecified atom stereocenters. The van der Waals surface area contributed by atoms with Crippen molar-refractivity contribution in [1.29, 1.82) is 0 Å². The van der Waals surface area contributed by atoms with Crippen molar-refractivity contribution in [3.05, 3.63) is 35.8 Å². The Hall–Kier alpha value is -1.99. The second kappa shape index (κ2) is 7.32. The molecule has 2 aliphatic rings. The molecular weight excluding hydrogens is 328 g/mol. The van der Waals surface area contributed by atoms with E-state index in [1.54, 1.807) is 12.5 Å². The molecule has 0 spiro atoms. The van der Waals surface area contributed by atoms with Crippen LogP contribution in [0.3, 0.4) is 0 Å². The Bertz CT molecular complexity index is 711. The van der Waals surface area contributed by atoms with Crippen LogP contribution in [-0.4, -0.2) is 17.2 Å². The summed E-state index contributed by atoms with van der Waals surface area (Å²) < 4.78 is 10.8. The summed E-state index contributed by atoms with van der Waals surface area (Å²) in [4.78, 5) is 12.7. The van der Waals surface area contributed by atoms with Crippen LogP contribution in [-0.2, 0) is 9.53 Å². The Labute approximate surface area is 155 Å². The Morgan fingerprint density at radius 3 is 2.88 bits per heavy atom. The Morgan fingerprint density at radius 1 is 1.46 bits per heavy atom. The number of aliphatic hydroxyl groups excluding tert-OH is 1. The molecule has 4 heteroatoms. The Morgan fingerprint density at radius 2 is 2.23 bits per heavy atom. The molecule has 6 atom stereocenters. The van der Waals surface area contributed by atoms with Crippen LogP contribution in [0, 0.1) is 35.5 Å². The van der Waals surface area contributed by atoms with Gasteiger partial charge in [-0.25, -0.2) is 0 Å². The Kier molecular flexibility index (Phi) is 5.29. The van der Waals surface area contributed by atoms with Crippen molar-refractivity contribution in [2.45, 2.75) is 58.7 Å². The molecule has 0 saturated carbocycles. The number of rotatable bonds is 4. The van der Waals surface area contributed by atoms with Crippen molar-refractivity contribution >= 4 is 5.97 Å². The van der Waals surface area contributed by atoms with Crippen LogP contribution in [0.25, 0.3) is 0 Å². The van der Waals surface area contributed by atoms with Gasteiger partial charge >= 0.3 is 5.97 Å². The molecule has 0 bridgehead atoms. The van der Waals surface area contributed by atoms with E-state index in [4.69, 9.17) is 15.6 Å². The number of carbonyl (C=O) groups excluding carboxylic acids is 1. The van der Waals surface area contributed by atoms with Gasteiger partial charge < -0.3 is 14.3 Å². The average Bonchev–Trinajstić information content (AvgIpc) is 3.16. The van der Waals surface area contributed by atoms with Gasteiger partial charge in [-0.2, -0.15) is 0 Å². The first-order chi connectivity index (χ1) is 12.4. The van der Waals surface area contributed by atoms with Crippen molar-refractivity contribution in [3.63, 3.8) is 0 Å². The molecule has 1 aromatic heterocycles. The normalized spacial score (nSPS) is 37.6. The fraction of sp³-hybridized carbons (Fsp3) is 0.591. The lowest BCUT2D eigenvalue weighted by Crippen LogP contribution is -2.40. The summed E-state index contributed by atoms with van der Waals surface area (Å²) in [6.45, 7) is 6.39. The zero-order chi connectivity index (χ0) is 18.9.